The van der Waals surface area contributed by atoms with Crippen molar-refractivity contribution >= 4 is 24.8 Å². The number of benzene rings is 1. The Morgan fingerprint density at radius 2 is 1.77 bits per heavy atom. The third-order valence-corrected chi connectivity index (χ3v) is 7.57. The molecule has 124 valence electrons. The third-order valence-electron chi connectivity index (χ3n) is 3.69. The second-order valence-electron chi connectivity index (χ2n) is 7.17. The van der Waals surface area contributed by atoms with Crippen LogP contribution in [-0.4, -0.2) is 30.6 Å². The van der Waals surface area contributed by atoms with Crippen molar-refractivity contribution in [3.63, 3.8) is 0 Å². The first kappa shape index (κ1) is 19.1. The maximum Gasteiger partial charge on any atom is 0.305 e. The molecule has 0 heterocycles. The predicted octanol–water partition coefficient (Wildman–Crippen LogP) is 4.01. The van der Waals surface area contributed by atoms with E-state index in [1.165, 1.54) is 7.11 Å². The Kier molecular flexibility index (Phi) is 7.00. The molecule has 1 aromatic carbocycles. The highest BCUT2D eigenvalue weighted by molar-refractivity contribution is 7.85. The highest BCUT2D eigenvalue weighted by Gasteiger charge is 2.31. The van der Waals surface area contributed by atoms with E-state index >= 15 is 0 Å². The van der Waals surface area contributed by atoms with Gasteiger partial charge in [0.1, 0.15) is 0 Å². The van der Waals surface area contributed by atoms with Crippen molar-refractivity contribution in [2.75, 3.05) is 7.11 Å². The summed E-state index contributed by atoms with van der Waals surface area (Å²) in [5.41, 5.74) is 1.16. The van der Waals surface area contributed by atoms with Crippen molar-refractivity contribution in [2.45, 2.75) is 56.1 Å². The van der Waals surface area contributed by atoms with Gasteiger partial charge in [-0.2, -0.15) is 0 Å². The van der Waals surface area contributed by atoms with Gasteiger partial charge >= 0.3 is 5.97 Å². The number of methoxy groups -OCH3 is 1. The highest BCUT2D eigenvalue weighted by atomic mass is 32.2. The summed E-state index contributed by atoms with van der Waals surface area (Å²) in [5.74, 6) is -0.185. The summed E-state index contributed by atoms with van der Waals surface area (Å²) >= 11 is 0. The second kappa shape index (κ2) is 8.06. The smallest absolute Gasteiger partial charge is 0.305 e. The van der Waals surface area contributed by atoms with Gasteiger partial charge < -0.3 is 4.74 Å². The standard InChI is InChI=1S/C17H28O3SSi/c1-13-7-9-15(10-8-13)21(19)16(12-22(4,5)6)14(2)11-17(18)20-3/h7-10,14,16H,11-12H2,1-6H3/t14-,16-,21?/m0/s1. The van der Waals surface area contributed by atoms with E-state index in [4.69, 9.17) is 4.74 Å². The highest BCUT2D eigenvalue weighted by Crippen LogP contribution is 2.28. The van der Waals surface area contributed by atoms with Crippen molar-refractivity contribution in [3.8, 4) is 0 Å². The number of hydrogen-bond acceptors (Lipinski definition) is 3. The van der Waals surface area contributed by atoms with E-state index in [0.29, 0.717) is 6.42 Å². The quantitative estimate of drug-likeness (QED) is 0.556. The lowest BCUT2D eigenvalue weighted by Crippen LogP contribution is -2.34. The molecule has 0 spiro atoms. The number of ether oxygens (including phenoxy) is 1. The third kappa shape index (κ3) is 6.05. The van der Waals surface area contributed by atoms with E-state index < -0.39 is 18.9 Å². The molecule has 0 aliphatic rings. The molecule has 3 nitrogen and oxygen atoms in total. The van der Waals surface area contributed by atoms with Crippen molar-refractivity contribution < 1.29 is 13.7 Å². The summed E-state index contributed by atoms with van der Waals surface area (Å²) in [6.45, 7) is 10.9. The Labute approximate surface area is 137 Å². The Balaban J connectivity index is 3.00. The van der Waals surface area contributed by atoms with E-state index in [9.17, 15) is 9.00 Å². The van der Waals surface area contributed by atoms with Crippen molar-refractivity contribution in [1.82, 2.24) is 0 Å². The second-order valence-corrected chi connectivity index (χ2v) is 14.4. The van der Waals surface area contributed by atoms with E-state index in [-0.39, 0.29) is 17.1 Å². The largest absolute Gasteiger partial charge is 0.469 e. The maximum atomic E-state index is 13.0. The summed E-state index contributed by atoms with van der Waals surface area (Å²) < 4.78 is 17.8. The number of rotatable bonds is 7. The lowest BCUT2D eigenvalue weighted by atomic mass is 10.1. The van der Waals surface area contributed by atoms with Gasteiger partial charge in [0, 0.05) is 24.6 Å². The van der Waals surface area contributed by atoms with Gasteiger partial charge in [-0.05, 0) is 31.0 Å². The molecule has 0 saturated carbocycles. The predicted molar refractivity (Wildman–Crippen MR) is 95.3 cm³/mol. The number of hydrogen-bond donors (Lipinski definition) is 0. The minimum absolute atomic E-state index is 0.00604. The Bertz CT molecular complexity index is 520. The molecule has 0 aliphatic carbocycles. The molecular weight excluding hydrogens is 312 g/mol. The molecule has 0 aliphatic heterocycles. The first-order chi connectivity index (χ1) is 10.1. The van der Waals surface area contributed by atoms with Gasteiger partial charge in [0.2, 0.25) is 0 Å². The van der Waals surface area contributed by atoms with Gasteiger partial charge in [0.15, 0.2) is 0 Å². The fourth-order valence-electron chi connectivity index (χ4n) is 2.42. The Morgan fingerprint density at radius 1 is 1.23 bits per heavy atom. The van der Waals surface area contributed by atoms with Crippen LogP contribution in [0.4, 0.5) is 0 Å². The monoisotopic (exact) mass is 340 g/mol. The summed E-state index contributed by atoms with van der Waals surface area (Å²) in [7, 11) is -1.09. The van der Waals surface area contributed by atoms with Crippen LogP contribution in [0.3, 0.4) is 0 Å². The average Bonchev–Trinajstić information content (AvgIpc) is 2.43. The zero-order valence-electron chi connectivity index (χ0n) is 14.5. The SMILES string of the molecule is COC(=O)C[C@H](C)[C@H](C[Si](C)(C)C)S(=O)c1ccc(C)cc1. The van der Waals surface area contributed by atoms with Crippen LogP contribution in [0, 0.1) is 12.8 Å². The molecule has 5 heteroatoms. The van der Waals surface area contributed by atoms with Gasteiger partial charge in [-0.1, -0.05) is 44.3 Å². The van der Waals surface area contributed by atoms with Gasteiger partial charge in [-0.25, -0.2) is 0 Å². The van der Waals surface area contributed by atoms with Crippen molar-refractivity contribution in [1.29, 1.82) is 0 Å². The maximum absolute atomic E-state index is 13.0. The number of carbonyl (C=O) groups is 1. The zero-order valence-corrected chi connectivity index (χ0v) is 16.3. The number of esters is 1. The fourth-order valence-corrected chi connectivity index (χ4v) is 7.40. The minimum atomic E-state index is -1.40. The van der Waals surface area contributed by atoms with Gasteiger partial charge in [-0.3, -0.25) is 9.00 Å². The summed E-state index contributed by atoms with van der Waals surface area (Å²) in [5, 5.41) is -0.00604. The van der Waals surface area contributed by atoms with Crippen LogP contribution in [-0.2, 0) is 20.3 Å². The average molecular weight is 341 g/mol. The van der Waals surface area contributed by atoms with Gasteiger partial charge in [0.25, 0.3) is 0 Å². The van der Waals surface area contributed by atoms with E-state index in [0.717, 1.165) is 16.5 Å². The molecule has 0 amide bonds. The lowest BCUT2D eigenvalue weighted by Gasteiger charge is -2.28. The summed E-state index contributed by atoms with van der Waals surface area (Å²) in [6.07, 6.45) is 0.323. The van der Waals surface area contributed by atoms with Crippen LogP contribution < -0.4 is 0 Å². The van der Waals surface area contributed by atoms with Crippen LogP contribution in [0.5, 0.6) is 0 Å². The first-order valence-corrected chi connectivity index (χ1v) is 12.6. The van der Waals surface area contributed by atoms with E-state index in [1.807, 2.05) is 38.1 Å². The molecule has 0 saturated heterocycles. The van der Waals surface area contributed by atoms with Crippen LogP contribution >= 0.6 is 0 Å². The van der Waals surface area contributed by atoms with Crippen molar-refractivity contribution in [2.24, 2.45) is 5.92 Å². The topological polar surface area (TPSA) is 43.4 Å². The normalized spacial score (nSPS) is 15.9. The Morgan fingerprint density at radius 3 is 2.23 bits per heavy atom. The lowest BCUT2D eigenvalue weighted by molar-refractivity contribution is -0.141. The molecule has 22 heavy (non-hydrogen) atoms. The molecule has 0 bridgehead atoms. The molecule has 0 radical (unpaired) electrons. The van der Waals surface area contributed by atoms with Crippen molar-refractivity contribution in [3.05, 3.63) is 29.8 Å². The van der Waals surface area contributed by atoms with Crippen LogP contribution in [0.15, 0.2) is 29.2 Å². The first-order valence-electron chi connectivity index (χ1n) is 7.68. The molecule has 1 aromatic rings. The molecule has 0 N–H and O–H groups in total. The van der Waals surface area contributed by atoms with Crippen LogP contribution in [0.2, 0.25) is 25.7 Å². The van der Waals surface area contributed by atoms with Gasteiger partial charge in [0.05, 0.1) is 17.9 Å². The fraction of sp³-hybridized carbons (Fsp3) is 0.588. The van der Waals surface area contributed by atoms with Crippen LogP contribution in [0.25, 0.3) is 0 Å². The Hall–Kier alpha value is -0.943. The van der Waals surface area contributed by atoms with Gasteiger partial charge in [-0.15, -0.1) is 0 Å². The van der Waals surface area contributed by atoms with Crippen LogP contribution in [0.1, 0.15) is 18.9 Å². The zero-order chi connectivity index (χ0) is 16.9. The molecule has 1 rings (SSSR count). The van der Waals surface area contributed by atoms with E-state index in [2.05, 4.69) is 19.6 Å². The molecule has 1 unspecified atom stereocenters. The van der Waals surface area contributed by atoms with E-state index in [1.54, 1.807) is 0 Å². The molecule has 3 atom stereocenters. The minimum Gasteiger partial charge on any atom is -0.469 e. The summed E-state index contributed by atoms with van der Waals surface area (Å²) in [6, 6.07) is 8.79. The molecule has 0 aromatic heterocycles. The summed E-state index contributed by atoms with van der Waals surface area (Å²) in [4.78, 5) is 12.4. The number of aryl methyl sites for hydroxylation is 1. The number of carbonyl (C=O) groups excluding carboxylic acids is 1. The molecule has 0 fully saturated rings. The molecular formula is C17H28O3SSi.